The Kier molecular flexibility index (Phi) is 4.37. The van der Waals surface area contributed by atoms with Gasteiger partial charge in [0.25, 0.3) is 5.91 Å². The van der Waals surface area contributed by atoms with E-state index in [-0.39, 0.29) is 11.3 Å². The van der Waals surface area contributed by atoms with Crippen LogP contribution in [-0.4, -0.2) is 39.1 Å². The molecule has 2 rings (SSSR count). The topological polar surface area (TPSA) is 57.6 Å². The maximum Gasteiger partial charge on any atom is 0.327 e. The molecule has 2 atom stereocenters. The molecule has 4 nitrogen and oxygen atoms in total. The molecule has 1 aromatic carbocycles. The number of rotatable bonds is 3. The van der Waals surface area contributed by atoms with Crippen LogP contribution in [0.2, 0.25) is 5.02 Å². The molecule has 1 saturated heterocycles. The van der Waals surface area contributed by atoms with Crippen molar-refractivity contribution in [2.24, 2.45) is 0 Å². The molecule has 0 spiro atoms. The van der Waals surface area contributed by atoms with Crippen LogP contribution in [0.25, 0.3) is 0 Å². The number of carboxylic acids is 1. The summed E-state index contributed by atoms with van der Waals surface area (Å²) in [7, 11) is 0. The highest BCUT2D eigenvalue weighted by Gasteiger charge is 2.41. The van der Waals surface area contributed by atoms with Crippen molar-refractivity contribution in [1.82, 2.24) is 4.90 Å². The van der Waals surface area contributed by atoms with E-state index in [0.717, 1.165) is 6.42 Å². The van der Waals surface area contributed by atoms with Crippen molar-refractivity contribution < 1.29 is 14.7 Å². The van der Waals surface area contributed by atoms with E-state index in [1.165, 1.54) is 16.7 Å². The van der Waals surface area contributed by atoms with Gasteiger partial charge in [0.1, 0.15) is 6.04 Å². The number of hydrogen-bond acceptors (Lipinski definition) is 3. The van der Waals surface area contributed by atoms with Gasteiger partial charge in [0, 0.05) is 16.3 Å². The standard InChI is InChI=1S/C13H14ClNO3S/c1-2-11-15(10(7-19-11)13(17)18)12(16)8-4-3-5-9(14)6-8/h3-6,10-11H,2,7H2,1H3,(H,17,18). The zero-order chi connectivity index (χ0) is 14.0. The van der Waals surface area contributed by atoms with Gasteiger partial charge >= 0.3 is 5.97 Å². The van der Waals surface area contributed by atoms with Gasteiger partial charge in [-0.2, -0.15) is 0 Å². The Balaban J connectivity index is 2.31. The Morgan fingerprint density at radius 2 is 2.26 bits per heavy atom. The van der Waals surface area contributed by atoms with Crippen LogP contribution < -0.4 is 0 Å². The summed E-state index contributed by atoms with van der Waals surface area (Å²) < 4.78 is 0. The second-order valence-corrected chi connectivity index (χ2v) is 5.92. The Morgan fingerprint density at radius 3 is 2.84 bits per heavy atom. The van der Waals surface area contributed by atoms with Gasteiger partial charge in [0.15, 0.2) is 0 Å². The van der Waals surface area contributed by atoms with Gasteiger partial charge < -0.3 is 10.0 Å². The van der Waals surface area contributed by atoms with Crippen molar-refractivity contribution in [2.75, 3.05) is 5.75 Å². The second kappa shape index (κ2) is 5.84. The average molecular weight is 300 g/mol. The van der Waals surface area contributed by atoms with Gasteiger partial charge in [-0.05, 0) is 24.6 Å². The Bertz CT molecular complexity index is 508. The summed E-state index contributed by atoms with van der Waals surface area (Å²) in [5.41, 5.74) is 0.430. The van der Waals surface area contributed by atoms with Gasteiger partial charge in [-0.15, -0.1) is 11.8 Å². The smallest absolute Gasteiger partial charge is 0.327 e. The van der Waals surface area contributed by atoms with E-state index in [0.29, 0.717) is 16.3 Å². The monoisotopic (exact) mass is 299 g/mol. The molecule has 0 saturated carbocycles. The molecule has 0 radical (unpaired) electrons. The number of carboxylic acid groups (broad SMARTS) is 1. The zero-order valence-corrected chi connectivity index (χ0v) is 11.9. The number of carbonyl (C=O) groups excluding carboxylic acids is 1. The summed E-state index contributed by atoms with van der Waals surface area (Å²) in [4.78, 5) is 25.2. The van der Waals surface area contributed by atoms with Gasteiger partial charge in [0.05, 0.1) is 5.37 Å². The zero-order valence-electron chi connectivity index (χ0n) is 10.4. The van der Waals surface area contributed by atoms with Gasteiger partial charge in [0.2, 0.25) is 0 Å². The third kappa shape index (κ3) is 2.87. The number of amides is 1. The first-order valence-electron chi connectivity index (χ1n) is 5.97. The lowest BCUT2D eigenvalue weighted by molar-refractivity contribution is -0.141. The number of aliphatic carboxylic acids is 1. The van der Waals surface area contributed by atoms with E-state index in [9.17, 15) is 14.7 Å². The summed E-state index contributed by atoms with van der Waals surface area (Å²) in [6.45, 7) is 1.94. The van der Waals surface area contributed by atoms with Crippen molar-refractivity contribution >= 4 is 35.2 Å². The van der Waals surface area contributed by atoms with Crippen LogP contribution in [-0.2, 0) is 4.79 Å². The van der Waals surface area contributed by atoms with Crippen molar-refractivity contribution in [3.05, 3.63) is 34.9 Å². The first kappa shape index (κ1) is 14.2. The third-order valence-corrected chi connectivity index (χ3v) is 4.72. The quantitative estimate of drug-likeness (QED) is 0.932. The molecule has 2 unspecified atom stereocenters. The highest BCUT2D eigenvalue weighted by molar-refractivity contribution is 8.00. The molecule has 1 aliphatic rings. The number of nitrogens with zero attached hydrogens (tertiary/aromatic N) is 1. The molecule has 1 fully saturated rings. The molecule has 0 aliphatic carbocycles. The summed E-state index contributed by atoms with van der Waals surface area (Å²) in [5.74, 6) is -0.800. The maximum atomic E-state index is 12.5. The molecule has 1 aromatic rings. The lowest BCUT2D eigenvalue weighted by Crippen LogP contribution is -2.45. The van der Waals surface area contributed by atoms with Crippen molar-refractivity contribution in [3.8, 4) is 0 Å². The maximum absolute atomic E-state index is 12.5. The normalized spacial score (nSPS) is 22.5. The van der Waals surface area contributed by atoms with Crippen LogP contribution in [0.3, 0.4) is 0 Å². The Hall–Kier alpha value is -1.20. The lowest BCUT2D eigenvalue weighted by atomic mass is 10.1. The first-order chi connectivity index (χ1) is 9.04. The summed E-state index contributed by atoms with van der Waals surface area (Å²) in [5, 5.41) is 9.59. The minimum absolute atomic E-state index is 0.0902. The largest absolute Gasteiger partial charge is 0.480 e. The fourth-order valence-corrected chi connectivity index (χ4v) is 3.65. The molecule has 19 heavy (non-hydrogen) atoms. The van der Waals surface area contributed by atoms with Crippen LogP contribution in [0, 0.1) is 0 Å². The summed E-state index contributed by atoms with van der Waals surface area (Å²) >= 11 is 7.38. The number of hydrogen-bond donors (Lipinski definition) is 1. The average Bonchev–Trinajstić information content (AvgIpc) is 2.81. The Morgan fingerprint density at radius 1 is 1.53 bits per heavy atom. The summed E-state index contributed by atoms with van der Waals surface area (Å²) in [6, 6.07) is 5.83. The minimum Gasteiger partial charge on any atom is -0.480 e. The van der Waals surface area contributed by atoms with Gasteiger partial charge in [-0.3, -0.25) is 4.79 Å². The molecule has 1 heterocycles. The van der Waals surface area contributed by atoms with Crippen LogP contribution >= 0.6 is 23.4 Å². The summed E-state index contributed by atoms with van der Waals surface area (Å²) in [6.07, 6.45) is 0.723. The van der Waals surface area contributed by atoms with Gasteiger partial charge in [-0.1, -0.05) is 24.6 Å². The minimum atomic E-state index is -0.959. The fraction of sp³-hybridized carbons (Fsp3) is 0.385. The molecule has 1 aliphatic heterocycles. The van der Waals surface area contributed by atoms with Crippen LogP contribution in [0.5, 0.6) is 0 Å². The first-order valence-corrected chi connectivity index (χ1v) is 7.40. The molecular formula is C13H14ClNO3S. The van der Waals surface area contributed by atoms with Gasteiger partial charge in [-0.25, -0.2) is 4.79 Å². The molecule has 1 N–H and O–H groups in total. The third-order valence-electron chi connectivity index (χ3n) is 3.03. The number of benzene rings is 1. The van der Waals surface area contributed by atoms with E-state index in [2.05, 4.69) is 0 Å². The van der Waals surface area contributed by atoms with Crippen molar-refractivity contribution in [3.63, 3.8) is 0 Å². The lowest BCUT2D eigenvalue weighted by Gasteiger charge is -2.26. The van der Waals surface area contributed by atoms with Crippen LogP contribution in [0.4, 0.5) is 0 Å². The Labute approximate surface area is 120 Å². The number of halogens is 1. The molecule has 102 valence electrons. The second-order valence-electron chi connectivity index (χ2n) is 4.27. The van der Waals surface area contributed by atoms with E-state index >= 15 is 0 Å². The van der Waals surface area contributed by atoms with Crippen molar-refractivity contribution in [2.45, 2.75) is 24.8 Å². The molecule has 6 heteroatoms. The highest BCUT2D eigenvalue weighted by Crippen LogP contribution is 2.32. The van der Waals surface area contributed by atoms with Crippen molar-refractivity contribution in [1.29, 1.82) is 0 Å². The fourth-order valence-electron chi connectivity index (χ4n) is 2.11. The number of thioether (sulfide) groups is 1. The molecular weight excluding hydrogens is 286 g/mol. The predicted octanol–water partition coefficient (Wildman–Crippen LogP) is 2.72. The predicted molar refractivity (Wildman–Crippen MR) is 75.6 cm³/mol. The van der Waals surface area contributed by atoms with E-state index < -0.39 is 12.0 Å². The number of carbonyl (C=O) groups is 2. The van der Waals surface area contributed by atoms with Crippen LogP contribution in [0.1, 0.15) is 23.7 Å². The van der Waals surface area contributed by atoms with E-state index in [1.807, 2.05) is 6.92 Å². The van der Waals surface area contributed by atoms with E-state index in [1.54, 1.807) is 24.3 Å². The SMILES string of the molecule is CCC1SCC(C(=O)O)N1C(=O)c1cccc(Cl)c1. The molecule has 0 bridgehead atoms. The molecule has 0 aromatic heterocycles. The van der Waals surface area contributed by atoms with Crippen LogP contribution in [0.15, 0.2) is 24.3 Å². The van der Waals surface area contributed by atoms with E-state index in [4.69, 9.17) is 11.6 Å². The highest BCUT2D eigenvalue weighted by atomic mass is 35.5. The molecule has 1 amide bonds.